The first-order valence-electron chi connectivity index (χ1n) is 6.10. The molecular weight excluding hydrogens is 172 g/mol. The predicted molar refractivity (Wildman–Crippen MR) is 62.3 cm³/mol. The summed E-state index contributed by atoms with van der Waals surface area (Å²) in [5.74, 6) is 0.607. The van der Waals surface area contributed by atoms with Crippen LogP contribution in [0.2, 0.25) is 0 Å². The second kappa shape index (κ2) is 5.13. The van der Waals surface area contributed by atoms with Gasteiger partial charge in [0.15, 0.2) is 0 Å². The van der Waals surface area contributed by atoms with E-state index in [0.717, 1.165) is 13.0 Å². The van der Waals surface area contributed by atoms with Gasteiger partial charge < -0.3 is 11.1 Å². The second-order valence-corrected chi connectivity index (χ2v) is 5.11. The van der Waals surface area contributed by atoms with Gasteiger partial charge in [-0.05, 0) is 44.6 Å². The zero-order valence-corrected chi connectivity index (χ0v) is 9.97. The highest BCUT2D eigenvalue weighted by atomic mass is 15.0. The molecule has 14 heavy (non-hydrogen) atoms. The molecule has 1 saturated carbocycles. The van der Waals surface area contributed by atoms with Crippen LogP contribution in [0, 0.1) is 5.92 Å². The van der Waals surface area contributed by atoms with Crippen molar-refractivity contribution in [2.24, 2.45) is 11.7 Å². The largest absolute Gasteiger partial charge is 0.327 e. The molecule has 2 nitrogen and oxygen atoms in total. The van der Waals surface area contributed by atoms with Crippen LogP contribution >= 0.6 is 0 Å². The summed E-state index contributed by atoms with van der Waals surface area (Å²) >= 11 is 0. The molecule has 0 spiro atoms. The lowest BCUT2D eigenvalue weighted by Crippen LogP contribution is -2.51. The van der Waals surface area contributed by atoms with Crippen molar-refractivity contribution in [1.82, 2.24) is 5.32 Å². The Bertz CT molecular complexity index is 156. The molecular formula is C12H26N2. The van der Waals surface area contributed by atoms with Crippen molar-refractivity contribution in [1.29, 1.82) is 0 Å². The van der Waals surface area contributed by atoms with Crippen LogP contribution in [0.15, 0.2) is 0 Å². The molecule has 2 heteroatoms. The molecule has 1 rings (SSSR count). The lowest BCUT2D eigenvalue weighted by Gasteiger charge is -2.42. The van der Waals surface area contributed by atoms with Gasteiger partial charge in [0.2, 0.25) is 0 Å². The van der Waals surface area contributed by atoms with Crippen molar-refractivity contribution in [3.63, 3.8) is 0 Å². The zero-order valence-electron chi connectivity index (χ0n) is 9.97. The Balaban J connectivity index is 2.14. The zero-order chi connectivity index (χ0) is 10.6. The van der Waals surface area contributed by atoms with E-state index in [0.29, 0.717) is 17.5 Å². The summed E-state index contributed by atoms with van der Waals surface area (Å²) in [5, 5.41) is 3.69. The number of hydrogen-bond acceptors (Lipinski definition) is 2. The van der Waals surface area contributed by atoms with Crippen LogP contribution in [0.3, 0.4) is 0 Å². The number of nitrogens with one attached hydrogen (secondary N) is 1. The summed E-state index contributed by atoms with van der Waals surface area (Å²) in [6.07, 6.45) is 6.50. The average Bonchev–Trinajstić information content (AvgIpc) is 2.09. The number of rotatable bonds is 6. The molecule has 1 atom stereocenters. The Morgan fingerprint density at radius 3 is 2.36 bits per heavy atom. The van der Waals surface area contributed by atoms with Crippen LogP contribution in [0.4, 0.5) is 0 Å². The van der Waals surface area contributed by atoms with E-state index in [2.05, 4.69) is 26.1 Å². The molecule has 0 radical (unpaired) electrons. The lowest BCUT2D eigenvalue weighted by molar-refractivity contribution is 0.175. The molecule has 1 fully saturated rings. The summed E-state index contributed by atoms with van der Waals surface area (Å²) in [6.45, 7) is 7.77. The van der Waals surface area contributed by atoms with Gasteiger partial charge in [0, 0.05) is 11.6 Å². The van der Waals surface area contributed by atoms with E-state index < -0.39 is 0 Å². The Labute approximate surface area is 88.6 Å². The molecule has 0 amide bonds. The second-order valence-electron chi connectivity index (χ2n) is 5.11. The third kappa shape index (κ3) is 2.96. The topological polar surface area (TPSA) is 38.0 Å². The van der Waals surface area contributed by atoms with E-state index in [1.54, 1.807) is 0 Å². The molecule has 0 aliphatic heterocycles. The van der Waals surface area contributed by atoms with Gasteiger partial charge in [-0.25, -0.2) is 0 Å². The van der Waals surface area contributed by atoms with Crippen LogP contribution in [-0.2, 0) is 0 Å². The molecule has 0 bridgehead atoms. The molecule has 0 aromatic rings. The SMILES string of the molecule is CCC1(NCCC(N)C(C)C)CCC1. The maximum Gasteiger partial charge on any atom is 0.0178 e. The van der Waals surface area contributed by atoms with Gasteiger partial charge in [0.1, 0.15) is 0 Å². The minimum Gasteiger partial charge on any atom is -0.327 e. The molecule has 0 heterocycles. The van der Waals surface area contributed by atoms with Crippen molar-refractivity contribution in [3.05, 3.63) is 0 Å². The fourth-order valence-corrected chi connectivity index (χ4v) is 2.10. The van der Waals surface area contributed by atoms with Crippen LogP contribution in [0.5, 0.6) is 0 Å². The van der Waals surface area contributed by atoms with Gasteiger partial charge in [0.25, 0.3) is 0 Å². The van der Waals surface area contributed by atoms with Gasteiger partial charge >= 0.3 is 0 Å². The third-order valence-electron chi connectivity index (χ3n) is 3.82. The van der Waals surface area contributed by atoms with E-state index in [1.165, 1.54) is 25.7 Å². The third-order valence-corrected chi connectivity index (χ3v) is 3.82. The maximum absolute atomic E-state index is 6.01. The van der Waals surface area contributed by atoms with Crippen molar-refractivity contribution in [3.8, 4) is 0 Å². The maximum atomic E-state index is 6.01. The summed E-state index contributed by atoms with van der Waals surface area (Å²) in [6, 6.07) is 0.358. The van der Waals surface area contributed by atoms with E-state index in [-0.39, 0.29) is 0 Å². The minimum atomic E-state index is 0.358. The summed E-state index contributed by atoms with van der Waals surface area (Å²) < 4.78 is 0. The molecule has 0 aromatic heterocycles. The van der Waals surface area contributed by atoms with E-state index >= 15 is 0 Å². The molecule has 1 aliphatic rings. The molecule has 84 valence electrons. The number of hydrogen-bond donors (Lipinski definition) is 2. The fraction of sp³-hybridized carbons (Fsp3) is 1.00. The summed E-state index contributed by atoms with van der Waals surface area (Å²) in [5.41, 5.74) is 6.49. The Morgan fingerprint density at radius 2 is 2.00 bits per heavy atom. The van der Waals surface area contributed by atoms with Crippen LogP contribution in [0.25, 0.3) is 0 Å². The highest BCUT2D eigenvalue weighted by Gasteiger charge is 2.34. The molecule has 1 aliphatic carbocycles. The first-order valence-corrected chi connectivity index (χ1v) is 6.10. The van der Waals surface area contributed by atoms with Crippen molar-refractivity contribution < 1.29 is 0 Å². The average molecular weight is 198 g/mol. The van der Waals surface area contributed by atoms with Gasteiger partial charge in [-0.15, -0.1) is 0 Å². The fourth-order valence-electron chi connectivity index (χ4n) is 2.10. The molecule has 0 aromatic carbocycles. The van der Waals surface area contributed by atoms with Crippen LogP contribution in [-0.4, -0.2) is 18.1 Å². The monoisotopic (exact) mass is 198 g/mol. The van der Waals surface area contributed by atoms with Gasteiger partial charge in [0.05, 0.1) is 0 Å². The van der Waals surface area contributed by atoms with Crippen LogP contribution < -0.4 is 11.1 Å². The highest BCUT2D eigenvalue weighted by molar-refractivity contribution is 4.94. The predicted octanol–water partition coefficient (Wildman–Crippen LogP) is 2.28. The summed E-state index contributed by atoms with van der Waals surface area (Å²) in [7, 11) is 0. The van der Waals surface area contributed by atoms with Gasteiger partial charge in [-0.1, -0.05) is 20.8 Å². The van der Waals surface area contributed by atoms with Crippen LogP contribution in [0.1, 0.15) is 52.9 Å². The Kier molecular flexibility index (Phi) is 4.39. The highest BCUT2D eigenvalue weighted by Crippen LogP contribution is 2.34. The Hall–Kier alpha value is -0.0800. The van der Waals surface area contributed by atoms with E-state index in [9.17, 15) is 0 Å². The minimum absolute atomic E-state index is 0.358. The standard InChI is InChI=1S/C12H26N2/c1-4-12(7-5-8-12)14-9-6-11(13)10(2)3/h10-11,14H,4-9,13H2,1-3H3. The molecule has 1 unspecified atom stereocenters. The smallest absolute Gasteiger partial charge is 0.0178 e. The van der Waals surface area contributed by atoms with Gasteiger partial charge in [-0.3, -0.25) is 0 Å². The molecule has 3 N–H and O–H groups in total. The van der Waals surface area contributed by atoms with Crippen molar-refractivity contribution in [2.45, 2.75) is 64.5 Å². The van der Waals surface area contributed by atoms with Crippen molar-refractivity contribution in [2.75, 3.05) is 6.54 Å². The summed E-state index contributed by atoms with van der Waals surface area (Å²) in [4.78, 5) is 0. The lowest BCUT2D eigenvalue weighted by atomic mass is 9.75. The first-order chi connectivity index (χ1) is 6.59. The van der Waals surface area contributed by atoms with Crippen molar-refractivity contribution >= 4 is 0 Å². The Morgan fingerprint density at radius 1 is 1.36 bits per heavy atom. The van der Waals surface area contributed by atoms with Gasteiger partial charge in [-0.2, -0.15) is 0 Å². The van der Waals surface area contributed by atoms with E-state index in [4.69, 9.17) is 5.73 Å². The quantitative estimate of drug-likeness (QED) is 0.687. The van der Waals surface area contributed by atoms with E-state index in [1.807, 2.05) is 0 Å². The number of nitrogens with two attached hydrogens (primary N) is 1. The normalized spacial score (nSPS) is 22.1. The first kappa shape index (κ1) is 12.0. The molecule has 0 saturated heterocycles.